The molecule has 4 aromatic carbocycles. The molecule has 5 rings (SSSR count). The van der Waals surface area contributed by atoms with Gasteiger partial charge in [-0.25, -0.2) is 0 Å². The van der Waals surface area contributed by atoms with Crippen molar-refractivity contribution in [1.82, 2.24) is 0 Å². The molecule has 7 heteroatoms. The number of anilines is 3. The number of fused-ring (bicyclic) bond motifs is 3. The molecule has 0 aliphatic carbocycles. The number of carbonyl (C=O) groups is 2. The lowest BCUT2D eigenvalue weighted by atomic mass is 10.0. The van der Waals surface area contributed by atoms with Crippen LogP contribution in [-0.2, 0) is 4.79 Å². The molecule has 2 amide bonds. The number of methoxy groups -OCH3 is 1. The van der Waals surface area contributed by atoms with Gasteiger partial charge in [0.05, 0.1) is 23.5 Å². The summed E-state index contributed by atoms with van der Waals surface area (Å²) >= 11 is 6.26. The largest absolute Gasteiger partial charge is 0.496 e. The Hall–Kier alpha value is -4.16. The Morgan fingerprint density at radius 1 is 1.03 bits per heavy atom. The molecule has 0 radical (unpaired) electrons. The van der Waals surface area contributed by atoms with E-state index in [-0.39, 0.29) is 23.0 Å². The van der Waals surface area contributed by atoms with Gasteiger partial charge in [-0.15, -0.1) is 0 Å². The van der Waals surface area contributed by atoms with Crippen molar-refractivity contribution in [2.75, 3.05) is 23.9 Å². The Bertz CT molecular complexity index is 1460. The Morgan fingerprint density at radius 3 is 2.71 bits per heavy atom. The number of ether oxygens (including phenoxy) is 1. The van der Waals surface area contributed by atoms with Crippen molar-refractivity contribution in [2.24, 2.45) is 4.99 Å². The molecule has 168 valence electrons. The minimum atomic E-state index is -0.407. The number of hydrogen-bond acceptors (Lipinski definition) is 4. The van der Waals surface area contributed by atoms with E-state index in [1.807, 2.05) is 42.5 Å². The van der Waals surface area contributed by atoms with Crippen LogP contribution in [0.3, 0.4) is 0 Å². The fourth-order valence-electron chi connectivity index (χ4n) is 4.13. The van der Waals surface area contributed by atoms with Crippen LogP contribution in [0.2, 0.25) is 5.02 Å². The maximum atomic E-state index is 13.2. The van der Waals surface area contributed by atoms with Gasteiger partial charge in [-0.3, -0.25) is 19.5 Å². The summed E-state index contributed by atoms with van der Waals surface area (Å²) in [5.74, 6) is -0.194. The zero-order chi connectivity index (χ0) is 23.7. The van der Waals surface area contributed by atoms with Crippen LogP contribution < -0.4 is 15.0 Å². The number of hydrogen-bond donors (Lipinski definition) is 1. The van der Waals surface area contributed by atoms with Crippen molar-refractivity contribution < 1.29 is 14.3 Å². The zero-order valence-electron chi connectivity index (χ0n) is 18.3. The summed E-state index contributed by atoms with van der Waals surface area (Å²) < 4.78 is 5.30. The van der Waals surface area contributed by atoms with E-state index < -0.39 is 5.91 Å². The highest BCUT2D eigenvalue weighted by molar-refractivity contribution is 6.35. The first-order valence-corrected chi connectivity index (χ1v) is 11.0. The standard InChI is InChI=1S/C27H20ClN3O3/c1-34-23-11-5-10-22(28)25(23)27(33)30-19-7-4-8-20(14-19)31-24(32)16-29-15-18-13-12-17-6-2-3-9-21(17)26(18)31/h2-15H,16H2,1H3,(H,30,33). The van der Waals surface area contributed by atoms with Gasteiger partial charge >= 0.3 is 0 Å². The van der Waals surface area contributed by atoms with Gasteiger partial charge in [0.25, 0.3) is 11.8 Å². The lowest BCUT2D eigenvalue weighted by Gasteiger charge is -2.25. The van der Waals surface area contributed by atoms with Crippen LogP contribution in [0.25, 0.3) is 10.8 Å². The van der Waals surface area contributed by atoms with Crippen LogP contribution in [0.1, 0.15) is 15.9 Å². The number of rotatable bonds is 4. The van der Waals surface area contributed by atoms with Gasteiger partial charge in [-0.2, -0.15) is 0 Å². The number of carbonyl (C=O) groups excluding carboxylic acids is 2. The van der Waals surface area contributed by atoms with E-state index >= 15 is 0 Å². The molecule has 1 aliphatic rings. The van der Waals surface area contributed by atoms with Crippen molar-refractivity contribution in [3.63, 3.8) is 0 Å². The molecule has 1 N–H and O–H groups in total. The molecule has 1 aliphatic heterocycles. The van der Waals surface area contributed by atoms with Gasteiger partial charge in [0.15, 0.2) is 0 Å². The van der Waals surface area contributed by atoms with Gasteiger partial charge in [0.1, 0.15) is 17.9 Å². The molecule has 6 nitrogen and oxygen atoms in total. The third-order valence-electron chi connectivity index (χ3n) is 5.65. The van der Waals surface area contributed by atoms with Crippen molar-refractivity contribution in [1.29, 1.82) is 0 Å². The maximum Gasteiger partial charge on any atom is 0.260 e. The van der Waals surface area contributed by atoms with Crippen molar-refractivity contribution in [3.05, 3.63) is 95.0 Å². The highest BCUT2D eigenvalue weighted by Gasteiger charge is 2.25. The van der Waals surface area contributed by atoms with Crippen LogP contribution in [0.15, 0.2) is 83.9 Å². The van der Waals surface area contributed by atoms with Gasteiger partial charge in [-0.1, -0.05) is 60.1 Å². The van der Waals surface area contributed by atoms with E-state index in [0.29, 0.717) is 17.1 Å². The van der Waals surface area contributed by atoms with Crippen molar-refractivity contribution >= 4 is 57.5 Å². The fourth-order valence-corrected chi connectivity index (χ4v) is 4.38. The molecule has 0 saturated carbocycles. The molecule has 0 unspecified atom stereocenters. The van der Waals surface area contributed by atoms with Gasteiger partial charge in [0.2, 0.25) is 0 Å². The predicted octanol–water partition coefficient (Wildman–Crippen LogP) is 5.85. The topological polar surface area (TPSA) is 71.0 Å². The Morgan fingerprint density at radius 2 is 1.85 bits per heavy atom. The number of aliphatic imine (C=N–C) groups is 1. The lowest BCUT2D eigenvalue weighted by molar-refractivity contribution is -0.116. The molecule has 0 bridgehead atoms. The number of nitrogens with zero attached hydrogens (tertiary/aromatic N) is 2. The number of halogens is 1. The van der Waals surface area contributed by atoms with E-state index in [2.05, 4.69) is 10.3 Å². The molecule has 0 saturated heterocycles. The number of nitrogens with one attached hydrogen (secondary N) is 1. The lowest BCUT2D eigenvalue weighted by Crippen LogP contribution is -2.28. The summed E-state index contributed by atoms with van der Waals surface area (Å²) in [4.78, 5) is 32.2. The Labute approximate surface area is 201 Å². The summed E-state index contributed by atoms with van der Waals surface area (Å²) in [6, 6.07) is 24.0. The predicted molar refractivity (Wildman–Crippen MR) is 136 cm³/mol. The van der Waals surface area contributed by atoms with Crippen molar-refractivity contribution in [2.45, 2.75) is 0 Å². The molecule has 4 aromatic rings. The molecule has 0 aromatic heterocycles. The van der Waals surface area contributed by atoms with Gasteiger partial charge < -0.3 is 10.1 Å². The van der Waals surface area contributed by atoms with Gasteiger partial charge in [0, 0.05) is 22.9 Å². The normalized spacial score (nSPS) is 12.9. The van der Waals surface area contributed by atoms with Crippen LogP contribution in [-0.4, -0.2) is 31.7 Å². The third-order valence-corrected chi connectivity index (χ3v) is 5.96. The van der Waals surface area contributed by atoms with Crippen LogP contribution in [0.5, 0.6) is 5.75 Å². The monoisotopic (exact) mass is 469 g/mol. The first kappa shape index (κ1) is 21.7. The quantitative estimate of drug-likeness (QED) is 0.407. The van der Waals surface area contributed by atoms with Crippen LogP contribution in [0, 0.1) is 0 Å². The molecule has 34 heavy (non-hydrogen) atoms. The number of benzene rings is 4. The van der Waals surface area contributed by atoms with E-state index in [1.165, 1.54) is 7.11 Å². The van der Waals surface area contributed by atoms with E-state index in [1.54, 1.807) is 47.5 Å². The highest BCUT2D eigenvalue weighted by Crippen LogP contribution is 2.37. The third kappa shape index (κ3) is 3.89. The van der Waals surface area contributed by atoms with E-state index in [0.717, 1.165) is 22.0 Å². The zero-order valence-corrected chi connectivity index (χ0v) is 19.0. The fraction of sp³-hybridized carbons (Fsp3) is 0.0741. The minimum absolute atomic E-state index is 0.0242. The second kappa shape index (κ2) is 9.00. The molecule has 0 atom stereocenters. The van der Waals surface area contributed by atoms with E-state index in [9.17, 15) is 9.59 Å². The second-order valence-electron chi connectivity index (χ2n) is 7.75. The summed E-state index contributed by atoms with van der Waals surface area (Å²) in [6.45, 7) is 0.0242. The average Bonchev–Trinajstić information content (AvgIpc) is 3.02. The van der Waals surface area contributed by atoms with Crippen LogP contribution in [0.4, 0.5) is 17.1 Å². The first-order chi connectivity index (χ1) is 16.6. The molecule has 0 fully saturated rings. The summed E-state index contributed by atoms with van der Waals surface area (Å²) in [6.07, 6.45) is 1.73. The summed E-state index contributed by atoms with van der Waals surface area (Å²) in [7, 11) is 1.48. The Kier molecular flexibility index (Phi) is 5.74. The second-order valence-corrected chi connectivity index (χ2v) is 8.15. The smallest absolute Gasteiger partial charge is 0.260 e. The van der Waals surface area contributed by atoms with E-state index in [4.69, 9.17) is 16.3 Å². The molecular weight excluding hydrogens is 450 g/mol. The first-order valence-electron chi connectivity index (χ1n) is 10.7. The van der Waals surface area contributed by atoms with Gasteiger partial charge in [-0.05, 0) is 35.7 Å². The molecule has 1 heterocycles. The van der Waals surface area contributed by atoms with Crippen LogP contribution >= 0.6 is 11.6 Å². The average molecular weight is 470 g/mol. The maximum absolute atomic E-state index is 13.2. The SMILES string of the molecule is COc1cccc(Cl)c1C(=O)Nc1cccc(N2C(=O)CN=Cc3ccc4ccccc4c32)c1. The molecular formula is C27H20ClN3O3. The molecule has 0 spiro atoms. The summed E-state index contributed by atoms with van der Waals surface area (Å²) in [5.41, 5.74) is 2.99. The minimum Gasteiger partial charge on any atom is -0.496 e. The summed E-state index contributed by atoms with van der Waals surface area (Å²) in [5, 5.41) is 5.12. The Balaban J connectivity index is 1.56. The number of amides is 2. The van der Waals surface area contributed by atoms with Crippen molar-refractivity contribution in [3.8, 4) is 5.75 Å². The highest BCUT2D eigenvalue weighted by atomic mass is 35.5.